The van der Waals surface area contributed by atoms with E-state index >= 15 is 0 Å². The van der Waals surface area contributed by atoms with Gasteiger partial charge >= 0.3 is 0 Å². The van der Waals surface area contributed by atoms with Crippen LogP contribution < -0.4 is 0 Å². The van der Waals surface area contributed by atoms with Gasteiger partial charge in [-0.2, -0.15) is 0 Å². The van der Waals surface area contributed by atoms with Crippen LogP contribution in [0.3, 0.4) is 0 Å². The van der Waals surface area contributed by atoms with E-state index in [4.69, 9.17) is 4.43 Å². The predicted molar refractivity (Wildman–Crippen MR) is 80.7 cm³/mol. The standard InChI is InChI=1S/C14H25NOSSi/c1-11-10-17-12(15-11)14(8-7-9-14)16-18(5,6)13(2,3)4/h10H,7-9H2,1-6H3. The second-order valence-corrected chi connectivity index (χ2v) is 12.6. The van der Waals surface area contributed by atoms with Gasteiger partial charge in [-0.3, -0.25) is 0 Å². The van der Waals surface area contributed by atoms with Gasteiger partial charge in [0.25, 0.3) is 0 Å². The van der Waals surface area contributed by atoms with Gasteiger partial charge in [-0.1, -0.05) is 20.8 Å². The first kappa shape index (κ1) is 14.2. The molecule has 18 heavy (non-hydrogen) atoms. The maximum Gasteiger partial charge on any atom is 0.193 e. The lowest BCUT2D eigenvalue weighted by Gasteiger charge is -2.49. The first-order valence-electron chi connectivity index (χ1n) is 6.79. The molecule has 102 valence electrons. The zero-order chi connectivity index (χ0) is 13.6. The molecule has 0 aromatic carbocycles. The number of rotatable bonds is 3. The summed E-state index contributed by atoms with van der Waals surface area (Å²) < 4.78 is 6.71. The van der Waals surface area contributed by atoms with Crippen LogP contribution in [0, 0.1) is 6.92 Å². The van der Waals surface area contributed by atoms with E-state index in [1.54, 1.807) is 11.3 Å². The average molecular weight is 284 g/mol. The van der Waals surface area contributed by atoms with Crippen molar-refractivity contribution < 1.29 is 4.43 Å². The number of hydrogen-bond donors (Lipinski definition) is 0. The number of nitrogens with zero attached hydrogens (tertiary/aromatic N) is 1. The van der Waals surface area contributed by atoms with E-state index < -0.39 is 8.32 Å². The van der Waals surface area contributed by atoms with Crippen molar-refractivity contribution in [1.29, 1.82) is 0 Å². The molecule has 2 nitrogen and oxygen atoms in total. The fourth-order valence-corrected chi connectivity index (χ4v) is 4.71. The summed E-state index contributed by atoms with van der Waals surface area (Å²) in [5, 5.41) is 3.61. The Morgan fingerprint density at radius 2 is 1.94 bits per heavy atom. The van der Waals surface area contributed by atoms with Crippen molar-refractivity contribution in [2.24, 2.45) is 0 Å². The Hall–Kier alpha value is -0.193. The van der Waals surface area contributed by atoms with E-state index in [0.29, 0.717) is 0 Å². The lowest BCUT2D eigenvalue weighted by atomic mass is 9.81. The molecule has 1 aliphatic rings. The van der Waals surface area contributed by atoms with Gasteiger partial charge in [-0.25, -0.2) is 4.98 Å². The van der Waals surface area contributed by atoms with Crippen LogP contribution in [0.5, 0.6) is 0 Å². The molecule has 4 heteroatoms. The molecule has 1 aliphatic carbocycles. The van der Waals surface area contributed by atoms with Gasteiger partial charge < -0.3 is 4.43 Å². The number of aryl methyl sites for hydroxylation is 1. The second kappa shape index (κ2) is 4.42. The molecule has 0 spiro atoms. The summed E-state index contributed by atoms with van der Waals surface area (Å²) in [6.45, 7) is 13.7. The van der Waals surface area contributed by atoms with Crippen LogP contribution in [0.4, 0.5) is 0 Å². The smallest absolute Gasteiger partial charge is 0.193 e. The van der Waals surface area contributed by atoms with E-state index in [2.05, 4.69) is 51.2 Å². The molecular weight excluding hydrogens is 258 g/mol. The minimum Gasteiger partial charge on any atom is -0.405 e. The monoisotopic (exact) mass is 283 g/mol. The molecule has 0 radical (unpaired) electrons. The highest BCUT2D eigenvalue weighted by molar-refractivity contribution is 7.09. The second-order valence-electron chi connectivity index (χ2n) is 7.00. The van der Waals surface area contributed by atoms with Crippen molar-refractivity contribution >= 4 is 19.7 Å². The lowest BCUT2D eigenvalue weighted by molar-refractivity contribution is -0.0255. The third kappa shape index (κ3) is 2.42. The molecule has 1 fully saturated rings. The van der Waals surface area contributed by atoms with Crippen molar-refractivity contribution in [3.8, 4) is 0 Å². The number of thiazole rings is 1. The van der Waals surface area contributed by atoms with Crippen molar-refractivity contribution in [2.75, 3.05) is 0 Å². The maximum atomic E-state index is 6.71. The van der Waals surface area contributed by atoms with E-state index in [-0.39, 0.29) is 10.6 Å². The predicted octanol–water partition coefficient (Wildman–Crippen LogP) is 4.85. The third-order valence-electron chi connectivity index (χ3n) is 4.43. The first-order valence-corrected chi connectivity index (χ1v) is 10.6. The van der Waals surface area contributed by atoms with Gasteiger partial charge in [0.05, 0.1) is 0 Å². The Morgan fingerprint density at radius 3 is 2.28 bits per heavy atom. The van der Waals surface area contributed by atoms with Crippen LogP contribution in [0.1, 0.15) is 50.7 Å². The fourth-order valence-electron chi connectivity index (χ4n) is 2.06. The van der Waals surface area contributed by atoms with E-state index in [1.807, 2.05) is 0 Å². The summed E-state index contributed by atoms with van der Waals surface area (Å²) in [4.78, 5) is 4.69. The first-order chi connectivity index (χ1) is 8.16. The van der Waals surface area contributed by atoms with Crippen molar-refractivity contribution in [3.05, 3.63) is 16.1 Å². The molecule has 0 amide bonds. The van der Waals surface area contributed by atoms with Gasteiger partial charge in [0.15, 0.2) is 8.32 Å². The minimum absolute atomic E-state index is 0.0536. The minimum atomic E-state index is -1.72. The molecule has 0 saturated heterocycles. The Morgan fingerprint density at radius 1 is 1.33 bits per heavy atom. The molecule has 1 aromatic heterocycles. The number of hydrogen-bond acceptors (Lipinski definition) is 3. The molecule has 0 unspecified atom stereocenters. The quantitative estimate of drug-likeness (QED) is 0.740. The fraction of sp³-hybridized carbons (Fsp3) is 0.786. The Bertz CT molecular complexity index is 429. The molecule has 0 bridgehead atoms. The van der Waals surface area contributed by atoms with Gasteiger partial charge in [-0.15, -0.1) is 11.3 Å². The highest BCUT2D eigenvalue weighted by Crippen LogP contribution is 2.51. The zero-order valence-electron chi connectivity index (χ0n) is 12.5. The van der Waals surface area contributed by atoms with Crippen molar-refractivity contribution in [3.63, 3.8) is 0 Å². The Balaban J connectivity index is 2.25. The zero-order valence-corrected chi connectivity index (χ0v) is 14.3. The highest BCUT2D eigenvalue weighted by atomic mass is 32.1. The van der Waals surface area contributed by atoms with Crippen LogP contribution in [-0.2, 0) is 10.0 Å². The van der Waals surface area contributed by atoms with Gasteiger partial charge in [0.1, 0.15) is 10.6 Å². The lowest BCUT2D eigenvalue weighted by Crippen LogP contribution is -2.51. The number of aromatic nitrogens is 1. The maximum absolute atomic E-state index is 6.71. The normalized spacial score (nSPS) is 19.7. The van der Waals surface area contributed by atoms with Gasteiger partial charge in [0.2, 0.25) is 0 Å². The Kier molecular flexibility index (Phi) is 3.50. The largest absolute Gasteiger partial charge is 0.405 e. The molecule has 1 aromatic rings. The topological polar surface area (TPSA) is 22.1 Å². The molecule has 2 rings (SSSR count). The summed E-state index contributed by atoms with van der Waals surface area (Å²) in [6.07, 6.45) is 3.56. The average Bonchev–Trinajstić information content (AvgIpc) is 2.57. The van der Waals surface area contributed by atoms with Crippen molar-refractivity contribution in [1.82, 2.24) is 4.98 Å². The molecule has 0 aliphatic heterocycles. The van der Waals surface area contributed by atoms with E-state index in [1.165, 1.54) is 11.4 Å². The van der Waals surface area contributed by atoms with Gasteiger partial charge in [-0.05, 0) is 44.3 Å². The molecular formula is C14H25NOSSi. The summed E-state index contributed by atoms with van der Waals surface area (Å²) >= 11 is 1.77. The van der Waals surface area contributed by atoms with E-state index in [9.17, 15) is 0 Å². The van der Waals surface area contributed by atoms with Gasteiger partial charge in [0, 0.05) is 11.1 Å². The highest BCUT2D eigenvalue weighted by Gasteiger charge is 2.50. The molecule has 1 saturated carbocycles. The van der Waals surface area contributed by atoms with Crippen LogP contribution in [0.2, 0.25) is 18.1 Å². The van der Waals surface area contributed by atoms with Crippen LogP contribution in [-0.4, -0.2) is 13.3 Å². The van der Waals surface area contributed by atoms with Crippen LogP contribution in [0.25, 0.3) is 0 Å². The third-order valence-corrected chi connectivity index (χ3v) is 10.1. The summed E-state index contributed by atoms with van der Waals surface area (Å²) in [6, 6.07) is 0. The van der Waals surface area contributed by atoms with Crippen LogP contribution in [0.15, 0.2) is 5.38 Å². The summed E-state index contributed by atoms with van der Waals surface area (Å²) in [7, 11) is -1.72. The Labute approximate surface area is 116 Å². The summed E-state index contributed by atoms with van der Waals surface area (Å²) in [5.74, 6) is 0. The van der Waals surface area contributed by atoms with Crippen LogP contribution >= 0.6 is 11.3 Å². The SMILES string of the molecule is Cc1csc(C2(O[Si](C)(C)C(C)(C)C)CCC2)n1. The molecule has 0 atom stereocenters. The molecule has 0 N–H and O–H groups in total. The van der Waals surface area contributed by atoms with E-state index in [0.717, 1.165) is 18.5 Å². The molecule has 1 heterocycles. The van der Waals surface area contributed by atoms with Crippen molar-refractivity contribution in [2.45, 2.75) is 70.7 Å². The summed E-state index contributed by atoms with van der Waals surface area (Å²) in [5.41, 5.74) is 1.07.